The smallest absolute Gasteiger partial charge is 0.256 e. The highest BCUT2D eigenvalue weighted by molar-refractivity contribution is 6.35. The van der Waals surface area contributed by atoms with Gasteiger partial charge < -0.3 is 20.6 Å². The summed E-state index contributed by atoms with van der Waals surface area (Å²) in [4.78, 5) is 26.9. The largest absolute Gasteiger partial charge is 0.391 e. The highest BCUT2D eigenvalue weighted by atomic mass is 35.5. The van der Waals surface area contributed by atoms with Crippen LogP contribution < -0.4 is 10.6 Å². The van der Waals surface area contributed by atoms with Crippen LogP contribution in [0.15, 0.2) is 18.2 Å². The number of hydrogen-bond donors (Lipinski definition) is 3. The van der Waals surface area contributed by atoms with Crippen LogP contribution in [-0.4, -0.2) is 60.1 Å². The average Bonchev–Trinajstić information content (AvgIpc) is 3.23. The van der Waals surface area contributed by atoms with Crippen LogP contribution in [0, 0.1) is 5.92 Å². The van der Waals surface area contributed by atoms with E-state index in [-0.39, 0.29) is 30.1 Å². The third kappa shape index (κ3) is 4.61. The summed E-state index contributed by atoms with van der Waals surface area (Å²) >= 11 is 12.1. The molecule has 3 unspecified atom stereocenters. The standard InChI is InChI=1S/C17H21Cl2N3O3.ClH/c18-11-3-4-13(19)12(6-11)17(25)22-5-1-2-14(22)16(24)21-8-10-7-20-9-15(10)23;/h3-4,6,10,14-15,20,23H,1-2,5,7-9H2,(H,21,24);1H. The molecule has 26 heavy (non-hydrogen) atoms. The quantitative estimate of drug-likeness (QED) is 0.690. The average molecular weight is 423 g/mol. The van der Waals surface area contributed by atoms with E-state index in [1.807, 2.05) is 0 Å². The number of aliphatic hydroxyl groups is 1. The van der Waals surface area contributed by atoms with Gasteiger partial charge in [-0.2, -0.15) is 0 Å². The fourth-order valence-corrected chi connectivity index (χ4v) is 3.75. The molecule has 3 N–H and O–H groups in total. The highest BCUT2D eigenvalue weighted by Gasteiger charge is 2.36. The van der Waals surface area contributed by atoms with Gasteiger partial charge in [-0.05, 0) is 31.0 Å². The number of likely N-dealkylation sites (tertiary alicyclic amines) is 1. The molecule has 2 aliphatic rings. The molecule has 3 atom stereocenters. The number of hydrogen-bond acceptors (Lipinski definition) is 4. The third-order valence-electron chi connectivity index (χ3n) is 4.82. The number of carbonyl (C=O) groups is 2. The van der Waals surface area contributed by atoms with Crippen LogP contribution in [0.4, 0.5) is 0 Å². The predicted molar refractivity (Wildman–Crippen MR) is 103 cm³/mol. The van der Waals surface area contributed by atoms with E-state index >= 15 is 0 Å². The summed E-state index contributed by atoms with van der Waals surface area (Å²) in [6.07, 6.45) is 0.920. The van der Waals surface area contributed by atoms with Gasteiger partial charge in [0.15, 0.2) is 0 Å². The summed E-state index contributed by atoms with van der Waals surface area (Å²) in [6, 6.07) is 4.21. The van der Waals surface area contributed by atoms with Gasteiger partial charge in [0, 0.05) is 37.1 Å². The van der Waals surface area contributed by atoms with Crippen LogP contribution in [0.2, 0.25) is 10.0 Å². The molecule has 144 valence electrons. The predicted octanol–water partition coefficient (Wildman–Crippen LogP) is 1.72. The lowest BCUT2D eigenvalue weighted by Crippen LogP contribution is -2.47. The molecule has 1 aromatic carbocycles. The van der Waals surface area contributed by atoms with E-state index < -0.39 is 12.1 Å². The lowest BCUT2D eigenvalue weighted by atomic mass is 10.1. The number of amides is 2. The first-order valence-electron chi connectivity index (χ1n) is 8.40. The molecule has 0 radical (unpaired) electrons. The summed E-state index contributed by atoms with van der Waals surface area (Å²) in [6.45, 7) is 2.12. The minimum Gasteiger partial charge on any atom is -0.391 e. The van der Waals surface area contributed by atoms with E-state index in [1.54, 1.807) is 17.0 Å². The molecule has 2 heterocycles. The van der Waals surface area contributed by atoms with Gasteiger partial charge in [0.2, 0.25) is 5.91 Å². The molecule has 2 aliphatic heterocycles. The molecule has 0 bridgehead atoms. The van der Waals surface area contributed by atoms with Gasteiger partial charge in [0.25, 0.3) is 5.91 Å². The van der Waals surface area contributed by atoms with Gasteiger partial charge in [0.1, 0.15) is 6.04 Å². The zero-order valence-electron chi connectivity index (χ0n) is 14.1. The van der Waals surface area contributed by atoms with Crippen molar-refractivity contribution in [1.82, 2.24) is 15.5 Å². The van der Waals surface area contributed by atoms with E-state index in [9.17, 15) is 14.7 Å². The molecule has 2 saturated heterocycles. The van der Waals surface area contributed by atoms with Gasteiger partial charge in [-0.25, -0.2) is 0 Å². The molecule has 6 nitrogen and oxygen atoms in total. The third-order valence-corrected chi connectivity index (χ3v) is 5.38. The van der Waals surface area contributed by atoms with Crippen molar-refractivity contribution in [3.05, 3.63) is 33.8 Å². The Kier molecular flexibility index (Phi) is 7.55. The van der Waals surface area contributed by atoms with Crippen LogP contribution in [0.25, 0.3) is 0 Å². The Morgan fingerprint density at radius 1 is 1.31 bits per heavy atom. The van der Waals surface area contributed by atoms with Crippen molar-refractivity contribution >= 4 is 47.4 Å². The van der Waals surface area contributed by atoms with Gasteiger partial charge in [-0.1, -0.05) is 23.2 Å². The number of β-amino-alcohol motifs (C(OH)–C–C–N with tert-alkyl or cyclic N) is 1. The molecular formula is C17H22Cl3N3O3. The normalized spacial score (nSPS) is 25.0. The SMILES string of the molecule is Cl.O=C(NCC1CNCC1O)C1CCCN1C(=O)c1cc(Cl)ccc1Cl. The maximum atomic E-state index is 12.8. The van der Waals surface area contributed by atoms with Crippen molar-refractivity contribution in [3.8, 4) is 0 Å². The minimum absolute atomic E-state index is 0. The molecule has 0 aliphatic carbocycles. The second-order valence-corrected chi connectivity index (χ2v) is 7.36. The van der Waals surface area contributed by atoms with Crippen molar-refractivity contribution in [2.24, 2.45) is 5.92 Å². The lowest BCUT2D eigenvalue weighted by molar-refractivity contribution is -0.125. The second kappa shape index (κ2) is 9.24. The Balaban J connectivity index is 0.00000243. The van der Waals surface area contributed by atoms with E-state index in [1.165, 1.54) is 6.07 Å². The number of benzene rings is 1. The zero-order valence-corrected chi connectivity index (χ0v) is 16.4. The van der Waals surface area contributed by atoms with Crippen LogP contribution in [0.3, 0.4) is 0 Å². The Bertz CT molecular complexity index is 674. The summed E-state index contributed by atoms with van der Waals surface area (Å²) in [5.74, 6) is -0.479. The first-order valence-corrected chi connectivity index (χ1v) is 9.15. The number of halogens is 3. The lowest BCUT2D eigenvalue weighted by Gasteiger charge is -2.25. The topological polar surface area (TPSA) is 81.7 Å². The molecule has 0 saturated carbocycles. The Morgan fingerprint density at radius 3 is 2.77 bits per heavy atom. The molecule has 0 spiro atoms. The molecule has 3 rings (SSSR count). The van der Waals surface area contributed by atoms with E-state index in [4.69, 9.17) is 23.2 Å². The van der Waals surface area contributed by atoms with Crippen molar-refractivity contribution in [2.75, 3.05) is 26.2 Å². The Labute approximate surface area is 168 Å². The summed E-state index contributed by atoms with van der Waals surface area (Å²) in [5.41, 5.74) is 0.310. The maximum absolute atomic E-state index is 12.8. The number of aliphatic hydroxyl groups excluding tert-OH is 1. The van der Waals surface area contributed by atoms with E-state index in [0.717, 1.165) is 6.42 Å². The van der Waals surface area contributed by atoms with Crippen molar-refractivity contribution in [2.45, 2.75) is 25.0 Å². The van der Waals surface area contributed by atoms with E-state index in [0.29, 0.717) is 48.2 Å². The zero-order chi connectivity index (χ0) is 18.0. The van der Waals surface area contributed by atoms with Gasteiger partial charge in [-0.3, -0.25) is 9.59 Å². The second-order valence-electron chi connectivity index (χ2n) is 6.51. The Hall–Kier alpha value is -1.05. The fraction of sp³-hybridized carbons (Fsp3) is 0.529. The fourth-order valence-electron chi connectivity index (χ4n) is 3.38. The number of nitrogens with zero attached hydrogens (tertiary/aromatic N) is 1. The molecular weight excluding hydrogens is 401 g/mol. The van der Waals surface area contributed by atoms with Gasteiger partial charge in [0.05, 0.1) is 16.7 Å². The monoisotopic (exact) mass is 421 g/mol. The van der Waals surface area contributed by atoms with Gasteiger partial charge in [-0.15, -0.1) is 12.4 Å². The molecule has 9 heteroatoms. The first kappa shape index (κ1) is 21.3. The number of nitrogens with one attached hydrogen (secondary N) is 2. The minimum atomic E-state index is -0.519. The van der Waals surface area contributed by atoms with Gasteiger partial charge >= 0.3 is 0 Å². The van der Waals surface area contributed by atoms with Crippen LogP contribution in [0.1, 0.15) is 23.2 Å². The molecule has 0 aromatic heterocycles. The van der Waals surface area contributed by atoms with Crippen molar-refractivity contribution < 1.29 is 14.7 Å². The molecule has 1 aromatic rings. The summed E-state index contributed by atoms with van der Waals surface area (Å²) in [5, 5.41) is 16.5. The van der Waals surface area contributed by atoms with Crippen molar-refractivity contribution in [3.63, 3.8) is 0 Å². The van der Waals surface area contributed by atoms with Crippen molar-refractivity contribution in [1.29, 1.82) is 0 Å². The summed E-state index contributed by atoms with van der Waals surface area (Å²) < 4.78 is 0. The van der Waals surface area contributed by atoms with Crippen LogP contribution in [0.5, 0.6) is 0 Å². The van der Waals surface area contributed by atoms with Crippen LogP contribution in [-0.2, 0) is 4.79 Å². The molecule has 2 amide bonds. The molecule has 2 fully saturated rings. The summed E-state index contributed by atoms with van der Waals surface area (Å²) in [7, 11) is 0. The van der Waals surface area contributed by atoms with E-state index in [2.05, 4.69) is 10.6 Å². The van der Waals surface area contributed by atoms with Crippen LogP contribution >= 0.6 is 35.6 Å². The number of rotatable bonds is 4. The first-order chi connectivity index (χ1) is 12.0. The highest BCUT2D eigenvalue weighted by Crippen LogP contribution is 2.26. The number of carbonyl (C=O) groups excluding carboxylic acids is 2. The maximum Gasteiger partial charge on any atom is 0.256 e. The Morgan fingerprint density at radius 2 is 2.08 bits per heavy atom.